The number of pyridine rings is 1. The molecule has 1 aromatic rings. The van der Waals surface area contributed by atoms with Crippen LogP contribution in [0.15, 0.2) is 29.7 Å². The van der Waals surface area contributed by atoms with E-state index in [0.29, 0.717) is 0 Å². The van der Waals surface area contributed by atoms with Crippen LogP contribution < -0.4 is 0 Å². The van der Waals surface area contributed by atoms with Crippen LogP contribution in [0.3, 0.4) is 0 Å². The van der Waals surface area contributed by atoms with Gasteiger partial charge in [-0.2, -0.15) is 0 Å². The third-order valence-electron chi connectivity index (χ3n) is 4.40. The van der Waals surface area contributed by atoms with Gasteiger partial charge < -0.3 is 5.21 Å². The first-order valence-corrected chi connectivity index (χ1v) is 9.49. The summed E-state index contributed by atoms with van der Waals surface area (Å²) in [5, 5.41) is 12.6. The zero-order chi connectivity index (χ0) is 16.6. The Bertz CT molecular complexity index is 403. The van der Waals surface area contributed by atoms with Crippen molar-refractivity contribution < 1.29 is 5.21 Å². The molecule has 130 valence electrons. The van der Waals surface area contributed by atoms with Gasteiger partial charge in [0.1, 0.15) is 0 Å². The van der Waals surface area contributed by atoms with Gasteiger partial charge in [0.15, 0.2) is 0 Å². The molecule has 0 radical (unpaired) electrons. The number of aromatic nitrogens is 1. The summed E-state index contributed by atoms with van der Waals surface area (Å²) in [6, 6.07) is 3.80. The van der Waals surface area contributed by atoms with E-state index in [0.717, 1.165) is 24.1 Å². The average molecular weight is 319 g/mol. The molecule has 0 atom stereocenters. The van der Waals surface area contributed by atoms with Crippen molar-refractivity contribution >= 4 is 5.71 Å². The number of hydrogen-bond donors (Lipinski definition) is 1. The molecule has 0 aliphatic carbocycles. The number of hydrogen-bond acceptors (Lipinski definition) is 3. The van der Waals surface area contributed by atoms with Crippen LogP contribution in [0.2, 0.25) is 0 Å². The highest BCUT2D eigenvalue weighted by Gasteiger charge is 2.03. The second kappa shape index (κ2) is 14.2. The highest BCUT2D eigenvalue weighted by molar-refractivity contribution is 5.99. The lowest BCUT2D eigenvalue weighted by Crippen LogP contribution is -2.01. The van der Waals surface area contributed by atoms with E-state index in [1.54, 1.807) is 12.4 Å². The van der Waals surface area contributed by atoms with Gasteiger partial charge in [0, 0.05) is 18.0 Å². The summed E-state index contributed by atoms with van der Waals surface area (Å²) in [7, 11) is 0. The molecule has 0 unspecified atom stereocenters. The molecule has 0 aliphatic rings. The first-order chi connectivity index (χ1) is 11.4. The predicted octanol–water partition coefficient (Wildman–Crippen LogP) is 6.35. The first kappa shape index (κ1) is 19.7. The SMILES string of the molecule is CCCCCCCCCCCCCCC(=NO)c1ccncc1. The summed E-state index contributed by atoms with van der Waals surface area (Å²) >= 11 is 0. The monoisotopic (exact) mass is 318 g/mol. The van der Waals surface area contributed by atoms with Gasteiger partial charge in [-0.25, -0.2) is 0 Å². The van der Waals surface area contributed by atoms with E-state index in [1.165, 1.54) is 70.6 Å². The molecule has 23 heavy (non-hydrogen) atoms. The zero-order valence-corrected chi connectivity index (χ0v) is 14.8. The van der Waals surface area contributed by atoms with Crippen LogP contribution >= 0.6 is 0 Å². The fourth-order valence-electron chi connectivity index (χ4n) is 2.93. The highest BCUT2D eigenvalue weighted by atomic mass is 16.4. The van der Waals surface area contributed by atoms with E-state index in [9.17, 15) is 0 Å². The number of oxime groups is 1. The standard InChI is InChI=1S/C20H34N2O/c1-2-3-4-5-6-7-8-9-10-11-12-13-14-20(22-23)19-15-17-21-18-16-19/h15-18,23H,2-14H2,1H3. The summed E-state index contributed by atoms with van der Waals surface area (Å²) in [6.07, 6.45) is 20.5. The summed E-state index contributed by atoms with van der Waals surface area (Å²) in [5.41, 5.74) is 1.75. The van der Waals surface area contributed by atoms with Crippen molar-refractivity contribution in [2.24, 2.45) is 5.16 Å². The van der Waals surface area contributed by atoms with Crippen molar-refractivity contribution in [3.8, 4) is 0 Å². The van der Waals surface area contributed by atoms with Crippen LogP contribution in [0.5, 0.6) is 0 Å². The quantitative estimate of drug-likeness (QED) is 0.188. The van der Waals surface area contributed by atoms with Crippen molar-refractivity contribution in [1.29, 1.82) is 0 Å². The van der Waals surface area contributed by atoms with Crippen molar-refractivity contribution in [2.75, 3.05) is 0 Å². The minimum absolute atomic E-state index is 0.777. The molecular weight excluding hydrogens is 284 g/mol. The Balaban J connectivity index is 1.93. The van der Waals surface area contributed by atoms with E-state index in [-0.39, 0.29) is 0 Å². The van der Waals surface area contributed by atoms with Gasteiger partial charge in [0.25, 0.3) is 0 Å². The smallest absolute Gasteiger partial charge is 0.0868 e. The molecule has 0 bridgehead atoms. The lowest BCUT2D eigenvalue weighted by atomic mass is 10.0. The molecule has 1 heterocycles. The van der Waals surface area contributed by atoms with Gasteiger partial charge in [-0.1, -0.05) is 82.7 Å². The van der Waals surface area contributed by atoms with Crippen LogP contribution in [0.1, 0.15) is 96.0 Å². The molecule has 1 rings (SSSR count). The maximum Gasteiger partial charge on any atom is 0.0868 e. The Morgan fingerprint density at radius 3 is 1.78 bits per heavy atom. The molecule has 0 aromatic carbocycles. The van der Waals surface area contributed by atoms with Gasteiger partial charge in [-0.15, -0.1) is 0 Å². The van der Waals surface area contributed by atoms with Crippen molar-refractivity contribution in [3.05, 3.63) is 30.1 Å². The second-order valence-corrected chi connectivity index (χ2v) is 6.42. The van der Waals surface area contributed by atoms with Crippen LogP contribution in [-0.2, 0) is 0 Å². The first-order valence-electron chi connectivity index (χ1n) is 9.49. The van der Waals surface area contributed by atoms with Gasteiger partial charge in [-0.05, 0) is 25.0 Å². The Labute approximate surface area is 142 Å². The van der Waals surface area contributed by atoms with Gasteiger partial charge >= 0.3 is 0 Å². The molecule has 3 heteroatoms. The molecule has 0 amide bonds. The predicted molar refractivity (Wildman–Crippen MR) is 98.3 cm³/mol. The van der Waals surface area contributed by atoms with Crippen molar-refractivity contribution in [3.63, 3.8) is 0 Å². The Morgan fingerprint density at radius 1 is 0.826 bits per heavy atom. The summed E-state index contributed by atoms with van der Waals surface area (Å²) in [4.78, 5) is 3.99. The van der Waals surface area contributed by atoms with E-state index >= 15 is 0 Å². The van der Waals surface area contributed by atoms with E-state index in [1.807, 2.05) is 12.1 Å². The minimum Gasteiger partial charge on any atom is -0.411 e. The fraction of sp³-hybridized carbons (Fsp3) is 0.700. The molecule has 1 aromatic heterocycles. The van der Waals surface area contributed by atoms with E-state index in [4.69, 9.17) is 5.21 Å². The van der Waals surface area contributed by atoms with E-state index < -0.39 is 0 Å². The molecule has 1 N–H and O–H groups in total. The second-order valence-electron chi connectivity index (χ2n) is 6.42. The topological polar surface area (TPSA) is 45.5 Å². The summed E-state index contributed by atoms with van der Waals surface area (Å²) in [6.45, 7) is 2.27. The Kier molecular flexibility index (Phi) is 12.2. The molecule has 0 aliphatic heterocycles. The van der Waals surface area contributed by atoms with Gasteiger partial charge in [0.2, 0.25) is 0 Å². The van der Waals surface area contributed by atoms with Crippen LogP contribution in [0.25, 0.3) is 0 Å². The minimum atomic E-state index is 0.777. The fourth-order valence-corrected chi connectivity index (χ4v) is 2.93. The average Bonchev–Trinajstić information content (AvgIpc) is 2.60. The Hall–Kier alpha value is -1.38. The van der Waals surface area contributed by atoms with Gasteiger partial charge in [0.05, 0.1) is 5.71 Å². The molecule has 0 spiro atoms. The molecule has 0 saturated carbocycles. The third-order valence-corrected chi connectivity index (χ3v) is 4.40. The van der Waals surface area contributed by atoms with Crippen molar-refractivity contribution in [2.45, 2.75) is 90.4 Å². The largest absolute Gasteiger partial charge is 0.411 e. The highest BCUT2D eigenvalue weighted by Crippen LogP contribution is 2.13. The van der Waals surface area contributed by atoms with Crippen molar-refractivity contribution in [1.82, 2.24) is 4.98 Å². The number of unbranched alkanes of at least 4 members (excludes halogenated alkanes) is 11. The van der Waals surface area contributed by atoms with Crippen LogP contribution in [0.4, 0.5) is 0 Å². The number of nitrogens with zero attached hydrogens (tertiary/aromatic N) is 2. The van der Waals surface area contributed by atoms with E-state index in [2.05, 4.69) is 17.1 Å². The molecule has 0 fully saturated rings. The summed E-state index contributed by atoms with van der Waals surface area (Å²) < 4.78 is 0. The molecule has 0 saturated heterocycles. The molecule has 3 nitrogen and oxygen atoms in total. The maximum atomic E-state index is 9.12. The lowest BCUT2D eigenvalue weighted by molar-refractivity contribution is 0.317. The number of rotatable bonds is 14. The third kappa shape index (κ3) is 10.1. The normalized spacial score (nSPS) is 11.8. The van der Waals surface area contributed by atoms with Gasteiger partial charge in [-0.3, -0.25) is 4.98 Å². The lowest BCUT2D eigenvalue weighted by Gasteiger charge is -2.05. The molecular formula is C20H34N2O. The summed E-state index contributed by atoms with van der Waals surface area (Å²) in [5.74, 6) is 0. The van der Waals surface area contributed by atoms with Crippen LogP contribution in [0, 0.1) is 0 Å². The Morgan fingerprint density at radius 2 is 1.30 bits per heavy atom. The maximum absolute atomic E-state index is 9.12. The zero-order valence-electron chi connectivity index (χ0n) is 14.8. The van der Waals surface area contributed by atoms with Crippen LogP contribution in [-0.4, -0.2) is 15.9 Å².